The zero-order valence-corrected chi connectivity index (χ0v) is 11.9. The van der Waals surface area contributed by atoms with E-state index in [1.54, 1.807) is 26.0 Å². The maximum Gasteiger partial charge on any atom is 0.307 e. The Labute approximate surface area is 121 Å². The predicted molar refractivity (Wildman–Crippen MR) is 74.5 cm³/mol. The fourth-order valence-electron chi connectivity index (χ4n) is 2.02. The third kappa shape index (κ3) is 3.21. The van der Waals surface area contributed by atoms with E-state index in [2.05, 4.69) is 5.32 Å². The molecule has 1 N–H and O–H groups in total. The number of nitrogens with one attached hydrogen (secondary N) is 1. The van der Waals surface area contributed by atoms with Crippen LogP contribution in [0.1, 0.15) is 29.5 Å². The molecule has 0 saturated carbocycles. The molecule has 0 aliphatic rings. The summed E-state index contributed by atoms with van der Waals surface area (Å²) < 4.78 is 23.6. The molecule has 0 radical (unpaired) electrons. The summed E-state index contributed by atoms with van der Waals surface area (Å²) in [6.45, 7) is 3.83. The van der Waals surface area contributed by atoms with Crippen molar-refractivity contribution in [3.8, 4) is 0 Å². The molecule has 0 fully saturated rings. The van der Waals surface area contributed by atoms with Gasteiger partial charge in [-0.05, 0) is 19.9 Å². The standard InChI is InChI=1S/C15H16FNO4/c1-3-20-12(18)7-8-17-15(19)13-9(2)10-5-4-6-11(16)14(10)21-13/h4-6H,3,7-8H2,1-2H3,(H,17,19). The highest BCUT2D eigenvalue weighted by Gasteiger charge is 2.19. The van der Waals surface area contributed by atoms with Gasteiger partial charge in [-0.1, -0.05) is 12.1 Å². The van der Waals surface area contributed by atoms with Gasteiger partial charge in [0.25, 0.3) is 5.91 Å². The van der Waals surface area contributed by atoms with Crippen molar-refractivity contribution in [1.29, 1.82) is 0 Å². The van der Waals surface area contributed by atoms with E-state index in [0.29, 0.717) is 17.6 Å². The molecule has 2 rings (SSSR count). The first-order chi connectivity index (χ1) is 10.0. The van der Waals surface area contributed by atoms with E-state index in [0.717, 1.165) is 0 Å². The molecule has 5 nitrogen and oxygen atoms in total. The van der Waals surface area contributed by atoms with Gasteiger partial charge in [-0.2, -0.15) is 0 Å². The first kappa shape index (κ1) is 15.0. The maximum absolute atomic E-state index is 13.6. The van der Waals surface area contributed by atoms with Crippen LogP contribution < -0.4 is 5.32 Å². The summed E-state index contributed by atoms with van der Waals surface area (Å²) in [5.74, 6) is -1.32. The Morgan fingerprint density at radius 1 is 1.38 bits per heavy atom. The molecule has 2 aromatic rings. The number of amides is 1. The Balaban J connectivity index is 2.08. The third-order valence-corrected chi connectivity index (χ3v) is 3.04. The lowest BCUT2D eigenvalue weighted by Gasteiger charge is -2.03. The van der Waals surface area contributed by atoms with Crippen LogP contribution in [0, 0.1) is 12.7 Å². The number of carbonyl (C=O) groups is 2. The van der Waals surface area contributed by atoms with Gasteiger partial charge in [0.05, 0.1) is 13.0 Å². The average molecular weight is 293 g/mol. The summed E-state index contributed by atoms with van der Waals surface area (Å²) in [7, 11) is 0. The topological polar surface area (TPSA) is 68.5 Å². The molecule has 0 unspecified atom stereocenters. The monoisotopic (exact) mass is 293 g/mol. The molecule has 0 atom stereocenters. The van der Waals surface area contributed by atoms with Crippen molar-refractivity contribution in [3.63, 3.8) is 0 Å². The smallest absolute Gasteiger partial charge is 0.307 e. The Kier molecular flexibility index (Phi) is 4.57. The van der Waals surface area contributed by atoms with Crippen LogP contribution in [0.2, 0.25) is 0 Å². The second-order valence-electron chi connectivity index (χ2n) is 4.48. The summed E-state index contributed by atoms with van der Waals surface area (Å²) >= 11 is 0. The minimum Gasteiger partial charge on any atom is -0.466 e. The lowest BCUT2D eigenvalue weighted by Crippen LogP contribution is -2.26. The number of fused-ring (bicyclic) bond motifs is 1. The van der Waals surface area contributed by atoms with E-state index in [1.807, 2.05) is 0 Å². The molecule has 21 heavy (non-hydrogen) atoms. The van der Waals surface area contributed by atoms with Crippen LogP contribution >= 0.6 is 0 Å². The van der Waals surface area contributed by atoms with E-state index in [4.69, 9.17) is 9.15 Å². The number of esters is 1. The highest BCUT2D eigenvalue weighted by atomic mass is 19.1. The number of carbonyl (C=O) groups excluding carboxylic acids is 2. The fraction of sp³-hybridized carbons (Fsp3) is 0.333. The van der Waals surface area contributed by atoms with Crippen LogP contribution in [0.3, 0.4) is 0 Å². The number of para-hydroxylation sites is 1. The Hall–Kier alpha value is -2.37. The van der Waals surface area contributed by atoms with E-state index < -0.39 is 11.7 Å². The Morgan fingerprint density at radius 3 is 2.81 bits per heavy atom. The van der Waals surface area contributed by atoms with Crippen molar-refractivity contribution >= 4 is 22.8 Å². The molecule has 0 bridgehead atoms. The molecule has 0 spiro atoms. The maximum atomic E-state index is 13.6. The van der Waals surface area contributed by atoms with Crippen molar-refractivity contribution in [2.24, 2.45) is 0 Å². The van der Waals surface area contributed by atoms with Crippen LogP contribution in [0.4, 0.5) is 4.39 Å². The number of hydrogen-bond donors (Lipinski definition) is 1. The van der Waals surface area contributed by atoms with Crippen LogP contribution in [0.15, 0.2) is 22.6 Å². The number of ether oxygens (including phenoxy) is 1. The molecule has 1 heterocycles. The first-order valence-electron chi connectivity index (χ1n) is 6.66. The molecule has 112 valence electrons. The largest absolute Gasteiger partial charge is 0.466 e. The number of benzene rings is 1. The van der Waals surface area contributed by atoms with Crippen LogP contribution in [-0.4, -0.2) is 25.0 Å². The predicted octanol–water partition coefficient (Wildman–Crippen LogP) is 2.56. The minimum atomic E-state index is -0.513. The summed E-state index contributed by atoms with van der Waals surface area (Å²) in [5, 5.41) is 3.11. The molecular formula is C15H16FNO4. The number of rotatable bonds is 5. The van der Waals surface area contributed by atoms with Crippen molar-refractivity contribution in [2.45, 2.75) is 20.3 Å². The fourth-order valence-corrected chi connectivity index (χ4v) is 2.02. The third-order valence-electron chi connectivity index (χ3n) is 3.04. The Bertz CT molecular complexity index is 678. The zero-order valence-electron chi connectivity index (χ0n) is 11.9. The van der Waals surface area contributed by atoms with Gasteiger partial charge >= 0.3 is 5.97 Å². The molecule has 0 aliphatic carbocycles. The number of aryl methyl sites for hydroxylation is 1. The molecule has 1 amide bonds. The molecule has 1 aromatic heterocycles. The van der Waals surface area contributed by atoms with Gasteiger partial charge in [0.1, 0.15) is 0 Å². The van der Waals surface area contributed by atoms with E-state index in [1.165, 1.54) is 6.07 Å². The summed E-state index contributed by atoms with van der Waals surface area (Å²) in [4.78, 5) is 23.2. The van der Waals surface area contributed by atoms with Gasteiger partial charge in [-0.25, -0.2) is 4.39 Å². The van der Waals surface area contributed by atoms with E-state index >= 15 is 0 Å². The van der Waals surface area contributed by atoms with Gasteiger partial charge in [0.15, 0.2) is 17.2 Å². The molecule has 1 aromatic carbocycles. The first-order valence-corrected chi connectivity index (χ1v) is 6.66. The molecule has 0 aliphatic heterocycles. The molecule has 0 saturated heterocycles. The Morgan fingerprint density at radius 2 is 2.14 bits per heavy atom. The zero-order chi connectivity index (χ0) is 15.4. The van der Waals surface area contributed by atoms with Crippen LogP contribution in [-0.2, 0) is 9.53 Å². The SMILES string of the molecule is CCOC(=O)CCNC(=O)c1oc2c(F)cccc2c1C. The summed E-state index contributed by atoms with van der Waals surface area (Å²) in [6.07, 6.45) is 0.0766. The highest BCUT2D eigenvalue weighted by Crippen LogP contribution is 2.27. The van der Waals surface area contributed by atoms with E-state index in [-0.39, 0.29) is 30.3 Å². The second-order valence-corrected chi connectivity index (χ2v) is 4.48. The van der Waals surface area contributed by atoms with Crippen molar-refractivity contribution in [1.82, 2.24) is 5.32 Å². The van der Waals surface area contributed by atoms with Crippen molar-refractivity contribution in [3.05, 3.63) is 35.3 Å². The van der Waals surface area contributed by atoms with E-state index in [9.17, 15) is 14.0 Å². The lowest BCUT2D eigenvalue weighted by atomic mass is 10.1. The lowest BCUT2D eigenvalue weighted by molar-refractivity contribution is -0.142. The summed E-state index contributed by atoms with van der Waals surface area (Å²) in [6, 6.07) is 4.52. The highest BCUT2D eigenvalue weighted by molar-refractivity contribution is 5.99. The van der Waals surface area contributed by atoms with Gasteiger partial charge in [-0.15, -0.1) is 0 Å². The normalized spacial score (nSPS) is 10.6. The molecule has 6 heteroatoms. The van der Waals surface area contributed by atoms with Gasteiger partial charge in [0.2, 0.25) is 0 Å². The number of hydrogen-bond acceptors (Lipinski definition) is 4. The average Bonchev–Trinajstić information content (AvgIpc) is 2.78. The van der Waals surface area contributed by atoms with Crippen LogP contribution in [0.5, 0.6) is 0 Å². The quantitative estimate of drug-likeness (QED) is 0.860. The van der Waals surface area contributed by atoms with Gasteiger partial charge in [0, 0.05) is 17.5 Å². The number of halogens is 1. The summed E-state index contributed by atoms with van der Waals surface area (Å²) in [5.41, 5.74) is 0.628. The van der Waals surface area contributed by atoms with Gasteiger partial charge < -0.3 is 14.5 Å². The second kappa shape index (κ2) is 6.39. The van der Waals surface area contributed by atoms with Crippen LogP contribution in [0.25, 0.3) is 11.0 Å². The van der Waals surface area contributed by atoms with Gasteiger partial charge in [-0.3, -0.25) is 9.59 Å². The number of furan rings is 1. The van der Waals surface area contributed by atoms with Crippen molar-refractivity contribution in [2.75, 3.05) is 13.2 Å². The van der Waals surface area contributed by atoms with Crippen molar-refractivity contribution < 1.29 is 23.1 Å². The molecular weight excluding hydrogens is 277 g/mol. The minimum absolute atomic E-state index is 0.0546.